The van der Waals surface area contributed by atoms with E-state index in [0.29, 0.717) is 19.4 Å². The average molecular weight is 376 g/mol. The number of unbranched alkanes of at least 4 members (excludes halogenated alkanes) is 2. The van der Waals surface area contributed by atoms with Gasteiger partial charge in [-0.15, -0.1) is 0 Å². The number of amides is 2. The molecule has 3 unspecified atom stereocenters. The maximum atomic E-state index is 12.9. The molecule has 2 N–H and O–H groups in total. The van der Waals surface area contributed by atoms with Crippen LogP contribution in [0.15, 0.2) is 30.3 Å². The monoisotopic (exact) mass is 376 g/mol. The van der Waals surface area contributed by atoms with Gasteiger partial charge in [0.2, 0.25) is 11.8 Å². The highest BCUT2D eigenvalue weighted by Crippen LogP contribution is 2.37. The number of carbonyl (C=O) groups excluding carboxylic acids is 2. The van der Waals surface area contributed by atoms with Crippen LogP contribution in [0.3, 0.4) is 0 Å². The van der Waals surface area contributed by atoms with Crippen molar-refractivity contribution in [3.05, 3.63) is 35.9 Å². The first-order chi connectivity index (χ1) is 12.9. The van der Waals surface area contributed by atoms with Gasteiger partial charge in [-0.1, -0.05) is 50.1 Å². The largest absolute Gasteiger partial charge is 0.388 e. The highest BCUT2D eigenvalue weighted by Gasteiger charge is 2.47. The lowest BCUT2D eigenvalue weighted by Gasteiger charge is -2.49. The van der Waals surface area contributed by atoms with E-state index in [0.717, 1.165) is 24.8 Å². The Morgan fingerprint density at radius 1 is 1.30 bits per heavy atom. The molecule has 0 aliphatic carbocycles. The Balaban J connectivity index is 2.33. The zero-order valence-corrected chi connectivity index (χ0v) is 16.6. The number of nitrogens with zero attached hydrogens (tertiary/aromatic N) is 1. The number of aliphatic hydroxyl groups is 1. The van der Waals surface area contributed by atoms with Crippen LogP contribution in [-0.4, -0.2) is 53.7 Å². The quantitative estimate of drug-likeness (QED) is 0.683. The number of methoxy groups -OCH3 is 1. The Morgan fingerprint density at radius 2 is 2.00 bits per heavy atom. The number of benzene rings is 1. The van der Waals surface area contributed by atoms with Crippen LogP contribution in [-0.2, 0) is 14.3 Å². The number of carbonyl (C=O) groups is 2. The predicted octanol–water partition coefficient (Wildman–Crippen LogP) is 2.42. The molecule has 1 heterocycles. The number of nitrogens with one attached hydrogen (secondary N) is 1. The van der Waals surface area contributed by atoms with Gasteiger partial charge in [-0.3, -0.25) is 9.59 Å². The van der Waals surface area contributed by atoms with Crippen LogP contribution in [0, 0.1) is 0 Å². The second-order valence-electron chi connectivity index (χ2n) is 7.49. The van der Waals surface area contributed by atoms with E-state index in [9.17, 15) is 14.7 Å². The normalized spacial score (nSPS) is 25.3. The Hall–Kier alpha value is -1.92. The molecule has 6 nitrogen and oxygen atoms in total. The molecule has 150 valence electrons. The van der Waals surface area contributed by atoms with E-state index in [-0.39, 0.29) is 18.4 Å². The summed E-state index contributed by atoms with van der Waals surface area (Å²) >= 11 is 0. The fraction of sp³-hybridized carbons (Fsp3) is 0.619. The highest BCUT2D eigenvalue weighted by atomic mass is 16.5. The van der Waals surface area contributed by atoms with E-state index in [2.05, 4.69) is 12.2 Å². The standard InChI is InChI=1S/C21H32N2O4/c1-4-5-7-12-18(25)23-14-13-21(2,26)20(22-17(24)15-27-3)19(23)16-10-8-6-9-11-16/h6,8-11,19-20,26H,4-5,7,12-15H2,1-3H3,(H,22,24). The Labute approximate surface area is 161 Å². The summed E-state index contributed by atoms with van der Waals surface area (Å²) in [5, 5.41) is 13.9. The summed E-state index contributed by atoms with van der Waals surface area (Å²) in [5.74, 6) is -0.234. The third-order valence-corrected chi connectivity index (χ3v) is 5.23. The van der Waals surface area contributed by atoms with Crippen LogP contribution in [0.1, 0.15) is 57.6 Å². The minimum absolute atomic E-state index is 0.0683. The topological polar surface area (TPSA) is 78.9 Å². The van der Waals surface area contributed by atoms with E-state index < -0.39 is 17.7 Å². The Morgan fingerprint density at radius 3 is 2.63 bits per heavy atom. The van der Waals surface area contributed by atoms with E-state index >= 15 is 0 Å². The first-order valence-corrected chi connectivity index (χ1v) is 9.75. The molecule has 0 aromatic heterocycles. The number of likely N-dealkylation sites (tertiary alicyclic amines) is 1. The van der Waals surface area contributed by atoms with E-state index in [1.54, 1.807) is 6.92 Å². The average Bonchev–Trinajstić information content (AvgIpc) is 2.64. The number of piperidine rings is 1. The van der Waals surface area contributed by atoms with E-state index in [4.69, 9.17) is 4.74 Å². The smallest absolute Gasteiger partial charge is 0.246 e. The summed E-state index contributed by atoms with van der Waals surface area (Å²) in [6.07, 6.45) is 3.82. The Bertz CT molecular complexity index is 618. The third-order valence-electron chi connectivity index (χ3n) is 5.23. The SMILES string of the molecule is CCCCCC(=O)N1CCC(C)(O)C(NC(=O)COC)C1c1ccccc1. The van der Waals surface area contributed by atoms with E-state index in [1.807, 2.05) is 35.2 Å². The van der Waals surface area contributed by atoms with Crippen LogP contribution >= 0.6 is 0 Å². The number of hydrogen-bond donors (Lipinski definition) is 2. The van der Waals surface area contributed by atoms with Crippen molar-refractivity contribution in [2.45, 2.75) is 63.6 Å². The maximum Gasteiger partial charge on any atom is 0.246 e. The lowest BCUT2D eigenvalue weighted by atomic mass is 9.79. The summed E-state index contributed by atoms with van der Waals surface area (Å²) in [7, 11) is 1.46. The first kappa shape index (κ1) is 21.4. The molecule has 2 amide bonds. The summed E-state index contributed by atoms with van der Waals surface area (Å²) in [5.41, 5.74) is -0.214. The lowest BCUT2D eigenvalue weighted by Crippen LogP contribution is -2.63. The molecule has 1 aliphatic rings. The molecule has 3 atom stereocenters. The molecule has 0 saturated carbocycles. The van der Waals surface area contributed by atoms with Gasteiger partial charge in [0.05, 0.1) is 17.7 Å². The number of ether oxygens (including phenoxy) is 1. The second kappa shape index (κ2) is 9.85. The zero-order valence-electron chi connectivity index (χ0n) is 16.6. The lowest BCUT2D eigenvalue weighted by molar-refractivity contribution is -0.147. The van der Waals surface area contributed by atoms with Crippen LogP contribution < -0.4 is 5.32 Å². The highest BCUT2D eigenvalue weighted by molar-refractivity contribution is 5.79. The zero-order chi connectivity index (χ0) is 19.9. The first-order valence-electron chi connectivity index (χ1n) is 9.75. The van der Waals surface area contributed by atoms with Gasteiger partial charge in [0, 0.05) is 20.1 Å². The van der Waals surface area contributed by atoms with Gasteiger partial charge in [0.1, 0.15) is 6.61 Å². The van der Waals surface area contributed by atoms with Gasteiger partial charge < -0.3 is 20.1 Å². The minimum atomic E-state index is -1.12. The van der Waals surface area contributed by atoms with Crippen LogP contribution in [0.2, 0.25) is 0 Å². The van der Waals surface area contributed by atoms with Crippen LogP contribution in [0.4, 0.5) is 0 Å². The van der Waals surface area contributed by atoms with Crippen molar-refractivity contribution >= 4 is 11.8 Å². The fourth-order valence-electron chi connectivity index (χ4n) is 3.71. The third kappa shape index (κ3) is 5.53. The number of rotatable bonds is 8. The molecular formula is C21H32N2O4. The van der Waals surface area contributed by atoms with Gasteiger partial charge in [0.25, 0.3) is 0 Å². The fourth-order valence-corrected chi connectivity index (χ4v) is 3.71. The number of hydrogen-bond acceptors (Lipinski definition) is 4. The predicted molar refractivity (Wildman–Crippen MR) is 104 cm³/mol. The van der Waals surface area contributed by atoms with Crippen LogP contribution in [0.25, 0.3) is 0 Å². The van der Waals surface area contributed by atoms with Gasteiger partial charge in [-0.2, -0.15) is 0 Å². The van der Waals surface area contributed by atoms with Crippen molar-refractivity contribution in [2.75, 3.05) is 20.3 Å². The molecule has 1 aromatic rings. The van der Waals surface area contributed by atoms with Crippen molar-refractivity contribution in [3.8, 4) is 0 Å². The Kier molecular flexibility index (Phi) is 7.80. The molecule has 2 rings (SSSR count). The molecule has 0 radical (unpaired) electrons. The molecule has 1 fully saturated rings. The molecule has 0 bridgehead atoms. The van der Waals surface area contributed by atoms with Crippen molar-refractivity contribution < 1.29 is 19.4 Å². The second-order valence-corrected chi connectivity index (χ2v) is 7.49. The summed E-state index contributed by atoms with van der Waals surface area (Å²) in [4.78, 5) is 27.0. The molecule has 1 saturated heterocycles. The molecule has 1 aliphatic heterocycles. The van der Waals surface area contributed by atoms with Crippen molar-refractivity contribution in [1.29, 1.82) is 0 Å². The van der Waals surface area contributed by atoms with Gasteiger partial charge >= 0.3 is 0 Å². The van der Waals surface area contributed by atoms with Crippen molar-refractivity contribution in [3.63, 3.8) is 0 Å². The van der Waals surface area contributed by atoms with Gasteiger partial charge in [0.15, 0.2) is 0 Å². The molecule has 1 aromatic carbocycles. The van der Waals surface area contributed by atoms with Gasteiger partial charge in [-0.25, -0.2) is 0 Å². The van der Waals surface area contributed by atoms with Crippen LogP contribution in [0.5, 0.6) is 0 Å². The maximum absolute atomic E-state index is 12.9. The molecular weight excluding hydrogens is 344 g/mol. The van der Waals surface area contributed by atoms with E-state index in [1.165, 1.54) is 7.11 Å². The van der Waals surface area contributed by atoms with Gasteiger partial charge in [-0.05, 0) is 25.3 Å². The summed E-state index contributed by atoms with van der Waals surface area (Å²) in [6, 6.07) is 8.59. The summed E-state index contributed by atoms with van der Waals surface area (Å²) < 4.78 is 4.92. The van der Waals surface area contributed by atoms with Crippen molar-refractivity contribution in [2.24, 2.45) is 0 Å². The molecule has 27 heavy (non-hydrogen) atoms. The summed E-state index contributed by atoms with van der Waals surface area (Å²) in [6.45, 7) is 4.21. The minimum Gasteiger partial charge on any atom is -0.388 e. The molecule has 0 spiro atoms. The molecule has 6 heteroatoms. The van der Waals surface area contributed by atoms with Crippen molar-refractivity contribution in [1.82, 2.24) is 10.2 Å².